The lowest BCUT2D eigenvalue weighted by atomic mass is 9.71. The van der Waals surface area contributed by atoms with Gasteiger partial charge in [0.25, 0.3) is 0 Å². The minimum atomic E-state index is -3.62. The fraction of sp³-hybridized carbons (Fsp3) is 0.469. The summed E-state index contributed by atoms with van der Waals surface area (Å²) in [5, 5.41) is 0. The molecule has 7 nitrogen and oxygen atoms in total. The molecule has 1 fully saturated rings. The molecular weight excluding hydrogens is 555 g/mol. The summed E-state index contributed by atoms with van der Waals surface area (Å²) in [5.74, 6) is 1.27. The van der Waals surface area contributed by atoms with Gasteiger partial charge < -0.3 is 23.3 Å². The van der Waals surface area contributed by atoms with Crippen LogP contribution in [0.2, 0.25) is 25.7 Å². The number of hydrogen-bond donors (Lipinski definition) is 0. The Morgan fingerprint density at radius 2 is 1.61 bits per heavy atom. The van der Waals surface area contributed by atoms with Gasteiger partial charge >= 0.3 is 13.6 Å². The molecule has 2 aliphatic rings. The van der Waals surface area contributed by atoms with Crippen LogP contribution < -0.4 is 9.05 Å². The minimum Gasteiger partial charge on any atom is -0.501 e. The average Bonchev–Trinajstić information content (AvgIpc) is 3.30. The summed E-state index contributed by atoms with van der Waals surface area (Å²) < 4.78 is 44.0. The van der Waals surface area contributed by atoms with E-state index in [0.29, 0.717) is 31.1 Å². The Morgan fingerprint density at radius 1 is 1.02 bits per heavy atom. The van der Waals surface area contributed by atoms with Crippen LogP contribution >= 0.6 is 7.60 Å². The van der Waals surface area contributed by atoms with Crippen LogP contribution in [-0.2, 0) is 23.6 Å². The van der Waals surface area contributed by atoms with Crippen LogP contribution in [0.4, 0.5) is 0 Å². The highest BCUT2D eigenvalue weighted by molar-refractivity contribution is 7.54. The molecule has 0 saturated carbocycles. The fourth-order valence-corrected chi connectivity index (χ4v) is 7.97. The lowest BCUT2D eigenvalue weighted by Crippen LogP contribution is -2.42. The molecule has 222 valence electrons. The predicted molar refractivity (Wildman–Crippen MR) is 164 cm³/mol. The van der Waals surface area contributed by atoms with Gasteiger partial charge in [0, 0.05) is 32.1 Å². The average molecular weight is 599 g/mol. The van der Waals surface area contributed by atoms with Gasteiger partial charge in [0.05, 0.1) is 31.9 Å². The number of benzene rings is 2. The number of rotatable bonds is 13. The number of methoxy groups -OCH3 is 1. The molecule has 2 aromatic carbocycles. The Hall–Kier alpha value is -2.80. The first-order chi connectivity index (χ1) is 19.5. The predicted octanol–water partition coefficient (Wildman–Crippen LogP) is 7.74. The van der Waals surface area contributed by atoms with Gasteiger partial charge in [-0.1, -0.05) is 74.6 Å². The Labute approximate surface area is 245 Å². The maximum atomic E-state index is 14.1. The van der Waals surface area contributed by atoms with Gasteiger partial charge in [-0.05, 0) is 43.7 Å². The number of carbonyl (C=O) groups excluding carboxylic acids is 1. The lowest BCUT2D eigenvalue weighted by Gasteiger charge is -2.38. The Balaban J connectivity index is 1.59. The Bertz CT molecular complexity index is 1240. The number of hydrogen-bond acceptors (Lipinski definition) is 7. The van der Waals surface area contributed by atoms with E-state index in [0.717, 1.165) is 22.9 Å². The molecule has 1 aliphatic heterocycles. The van der Waals surface area contributed by atoms with Gasteiger partial charge in [-0.3, -0.25) is 4.79 Å². The first-order valence-electron chi connectivity index (χ1n) is 14.3. The summed E-state index contributed by atoms with van der Waals surface area (Å²) in [4.78, 5) is 12.9. The third kappa shape index (κ3) is 8.15. The Morgan fingerprint density at radius 3 is 2.15 bits per heavy atom. The number of allylic oxidation sites excluding steroid dienone is 3. The zero-order valence-electron chi connectivity index (χ0n) is 25.0. The normalized spacial score (nSPS) is 23.2. The standard InChI is InChI=1S/C32H43O7PSi/c1-23(22-40(34,38-25-13-9-7-10-14-25)39-26-15-11-8-12-16-26)17-18-27-30(35-3)24(2)28-21-37-32(33)29(28)31(27)36-19-20-41(4,5)6/h7-17,24,28-29,31H,18-22H2,1-6H3/b23-17+. The molecule has 9 heteroatoms. The molecule has 0 spiro atoms. The van der Waals surface area contributed by atoms with Crippen LogP contribution in [0.25, 0.3) is 0 Å². The van der Waals surface area contributed by atoms with Gasteiger partial charge in [0.2, 0.25) is 0 Å². The van der Waals surface area contributed by atoms with Crippen LogP contribution in [0.5, 0.6) is 11.5 Å². The molecule has 1 heterocycles. The molecule has 0 aromatic heterocycles. The largest absolute Gasteiger partial charge is 0.501 e. The summed E-state index contributed by atoms with van der Waals surface area (Å²) in [5.41, 5.74) is 1.78. The number of esters is 1. The maximum absolute atomic E-state index is 14.1. The number of para-hydroxylation sites is 2. The molecule has 4 unspecified atom stereocenters. The van der Waals surface area contributed by atoms with E-state index in [1.165, 1.54) is 0 Å². The summed E-state index contributed by atoms with van der Waals surface area (Å²) in [6.07, 6.45) is 2.18. The first-order valence-corrected chi connectivity index (χ1v) is 19.7. The van der Waals surface area contributed by atoms with Crippen molar-refractivity contribution in [1.29, 1.82) is 0 Å². The van der Waals surface area contributed by atoms with E-state index in [1.807, 2.05) is 49.4 Å². The van der Waals surface area contributed by atoms with E-state index < -0.39 is 21.8 Å². The second-order valence-electron chi connectivity index (χ2n) is 12.1. The van der Waals surface area contributed by atoms with Crippen molar-refractivity contribution in [3.05, 3.63) is 83.6 Å². The zero-order valence-corrected chi connectivity index (χ0v) is 26.9. The molecule has 0 N–H and O–H groups in total. The Kier molecular flexibility index (Phi) is 10.2. The molecule has 41 heavy (non-hydrogen) atoms. The summed E-state index contributed by atoms with van der Waals surface area (Å²) in [7, 11) is -3.28. The molecular formula is C32H43O7PSi. The molecule has 0 bridgehead atoms. The van der Waals surface area contributed by atoms with Gasteiger partial charge in [-0.15, -0.1) is 0 Å². The number of cyclic esters (lactones) is 1. The van der Waals surface area contributed by atoms with Crippen LogP contribution in [0.3, 0.4) is 0 Å². The zero-order chi connectivity index (χ0) is 29.6. The van der Waals surface area contributed by atoms with Gasteiger partial charge in [0.15, 0.2) is 0 Å². The van der Waals surface area contributed by atoms with Crippen molar-refractivity contribution < 1.29 is 32.6 Å². The van der Waals surface area contributed by atoms with Gasteiger partial charge in [-0.2, -0.15) is 0 Å². The van der Waals surface area contributed by atoms with E-state index in [9.17, 15) is 9.36 Å². The van der Waals surface area contributed by atoms with Crippen molar-refractivity contribution in [2.45, 2.75) is 52.1 Å². The highest BCUT2D eigenvalue weighted by Crippen LogP contribution is 2.50. The quantitative estimate of drug-likeness (QED) is 0.101. The van der Waals surface area contributed by atoms with E-state index >= 15 is 0 Å². The SMILES string of the molecule is COC1=C(C/C=C(\C)CP(=O)(Oc2ccccc2)Oc2ccccc2)C(OCC[Si](C)(C)C)C2C(=O)OCC2C1C. The highest BCUT2D eigenvalue weighted by atomic mass is 31.2. The van der Waals surface area contributed by atoms with Crippen molar-refractivity contribution in [3.8, 4) is 11.5 Å². The second kappa shape index (κ2) is 13.4. The van der Waals surface area contributed by atoms with E-state index in [1.54, 1.807) is 31.4 Å². The molecule has 1 aliphatic carbocycles. The molecule has 0 radical (unpaired) electrons. The number of ether oxygens (including phenoxy) is 3. The summed E-state index contributed by atoms with van der Waals surface area (Å²) in [6.45, 7) is 11.9. The van der Waals surface area contributed by atoms with Crippen LogP contribution in [0, 0.1) is 17.8 Å². The third-order valence-electron chi connectivity index (χ3n) is 7.65. The monoisotopic (exact) mass is 598 g/mol. The van der Waals surface area contributed by atoms with Crippen LogP contribution in [0.15, 0.2) is 83.6 Å². The van der Waals surface area contributed by atoms with Crippen molar-refractivity contribution in [2.24, 2.45) is 17.8 Å². The molecule has 2 aromatic rings. The molecule has 0 amide bonds. The van der Waals surface area contributed by atoms with E-state index in [4.69, 9.17) is 23.3 Å². The molecule has 1 saturated heterocycles. The minimum absolute atomic E-state index is 0.0157. The maximum Gasteiger partial charge on any atom is 0.434 e. The van der Waals surface area contributed by atoms with Crippen molar-refractivity contribution >= 4 is 21.6 Å². The number of carbonyl (C=O) groups is 1. The molecule has 4 rings (SSSR count). The van der Waals surface area contributed by atoms with Crippen LogP contribution in [-0.4, -0.2) is 46.6 Å². The number of fused-ring (bicyclic) bond motifs is 1. The topological polar surface area (TPSA) is 80.3 Å². The van der Waals surface area contributed by atoms with Gasteiger partial charge in [-0.25, -0.2) is 4.57 Å². The van der Waals surface area contributed by atoms with Crippen molar-refractivity contribution in [3.63, 3.8) is 0 Å². The first kappa shape index (κ1) is 31.1. The van der Waals surface area contributed by atoms with E-state index in [2.05, 4.69) is 26.6 Å². The van der Waals surface area contributed by atoms with Crippen molar-refractivity contribution in [1.82, 2.24) is 0 Å². The second-order valence-corrected chi connectivity index (χ2v) is 19.7. The smallest absolute Gasteiger partial charge is 0.434 e. The summed E-state index contributed by atoms with van der Waals surface area (Å²) in [6, 6.07) is 19.1. The third-order valence-corrected chi connectivity index (χ3v) is 11.2. The van der Waals surface area contributed by atoms with Crippen LogP contribution in [0.1, 0.15) is 20.3 Å². The molecule has 4 atom stereocenters. The van der Waals surface area contributed by atoms with Gasteiger partial charge in [0.1, 0.15) is 17.3 Å². The van der Waals surface area contributed by atoms with E-state index in [-0.39, 0.29) is 29.9 Å². The fourth-order valence-electron chi connectivity index (χ4n) is 5.45. The highest BCUT2D eigenvalue weighted by Gasteiger charge is 2.52. The summed E-state index contributed by atoms with van der Waals surface area (Å²) >= 11 is 0. The van der Waals surface area contributed by atoms with Crippen molar-refractivity contribution in [2.75, 3.05) is 26.5 Å². The lowest BCUT2D eigenvalue weighted by molar-refractivity contribution is -0.145.